The molecule has 2 atom stereocenters. The van der Waals surface area contributed by atoms with Crippen LogP contribution in [0.3, 0.4) is 0 Å². The van der Waals surface area contributed by atoms with E-state index in [9.17, 15) is 8.78 Å². The Kier molecular flexibility index (Phi) is 4.27. The van der Waals surface area contributed by atoms with Crippen LogP contribution in [0.5, 0.6) is 0 Å². The van der Waals surface area contributed by atoms with E-state index in [1.165, 1.54) is 6.07 Å². The molecule has 1 saturated heterocycles. The zero-order valence-electron chi connectivity index (χ0n) is 10.5. The normalized spacial score (nSPS) is 24.7. The fourth-order valence-electron chi connectivity index (χ4n) is 2.14. The van der Waals surface area contributed by atoms with Gasteiger partial charge in [0.05, 0.1) is 6.61 Å². The van der Waals surface area contributed by atoms with Gasteiger partial charge in [-0.25, -0.2) is 8.78 Å². The van der Waals surface area contributed by atoms with Crippen LogP contribution in [0.15, 0.2) is 18.2 Å². The number of hydrogen-bond acceptors (Lipinski definition) is 3. The van der Waals surface area contributed by atoms with Crippen LogP contribution in [0.1, 0.15) is 18.6 Å². The lowest BCUT2D eigenvalue weighted by Gasteiger charge is -2.16. The highest BCUT2D eigenvalue weighted by Gasteiger charge is 2.32. The van der Waals surface area contributed by atoms with Gasteiger partial charge in [-0.2, -0.15) is 5.06 Å². The monoisotopic (exact) mass is 257 g/mol. The molecule has 0 spiro atoms. The number of hydroxylamine groups is 2. The number of methoxy groups -OCH3 is 1. The van der Waals surface area contributed by atoms with Crippen molar-refractivity contribution in [2.75, 3.05) is 26.8 Å². The average Bonchev–Trinajstić information content (AvgIpc) is 2.71. The second-order valence-electron chi connectivity index (χ2n) is 4.56. The first-order valence-electron chi connectivity index (χ1n) is 5.97. The molecule has 100 valence electrons. The number of rotatable bonds is 4. The zero-order chi connectivity index (χ0) is 13.1. The van der Waals surface area contributed by atoms with Crippen LogP contribution in [0.25, 0.3) is 0 Å². The second-order valence-corrected chi connectivity index (χ2v) is 4.56. The number of hydrogen-bond donors (Lipinski definition) is 0. The summed E-state index contributed by atoms with van der Waals surface area (Å²) in [6, 6.07) is 3.91. The van der Waals surface area contributed by atoms with Gasteiger partial charge in [-0.1, -0.05) is 13.0 Å². The first-order valence-corrected chi connectivity index (χ1v) is 5.97. The van der Waals surface area contributed by atoms with E-state index in [0.29, 0.717) is 18.7 Å². The molecular formula is C13H17F2NO2. The van der Waals surface area contributed by atoms with E-state index < -0.39 is 11.6 Å². The number of benzene rings is 1. The van der Waals surface area contributed by atoms with Gasteiger partial charge in [-0.15, -0.1) is 0 Å². The summed E-state index contributed by atoms with van der Waals surface area (Å²) >= 11 is 0. The van der Waals surface area contributed by atoms with Crippen LogP contribution >= 0.6 is 0 Å². The van der Waals surface area contributed by atoms with Gasteiger partial charge in [0.2, 0.25) is 0 Å². The highest BCUT2D eigenvalue weighted by atomic mass is 19.2. The van der Waals surface area contributed by atoms with Gasteiger partial charge in [0.15, 0.2) is 11.6 Å². The van der Waals surface area contributed by atoms with Gasteiger partial charge >= 0.3 is 0 Å². The van der Waals surface area contributed by atoms with Crippen molar-refractivity contribution in [1.82, 2.24) is 5.06 Å². The van der Waals surface area contributed by atoms with Crippen molar-refractivity contribution in [2.45, 2.75) is 13.0 Å². The summed E-state index contributed by atoms with van der Waals surface area (Å²) in [5.74, 6) is -1.44. The lowest BCUT2D eigenvalue weighted by molar-refractivity contribution is -0.154. The van der Waals surface area contributed by atoms with Crippen LogP contribution in [0, 0.1) is 17.6 Å². The smallest absolute Gasteiger partial charge is 0.159 e. The SMILES string of the molecule is COCCN1C[C@@H](C)[C@H](c2ccc(F)c(F)c2)O1. The summed E-state index contributed by atoms with van der Waals surface area (Å²) in [7, 11) is 1.63. The molecule has 0 saturated carbocycles. The number of halogens is 2. The maximum absolute atomic E-state index is 13.2. The molecule has 18 heavy (non-hydrogen) atoms. The summed E-state index contributed by atoms with van der Waals surface area (Å²) in [4.78, 5) is 5.72. The summed E-state index contributed by atoms with van der Waals surface area (Å²) in [5.41, 5.74) is 0.668. The number of ether oxygens (including phenoxy) is 1. The molecule has 0 aliphatic carbocycles. The first kappa shape index (κ1) is 13.4. The minimum Gasteiger partial charge on any atom is -0.383 e. The van der Waals surface area contributed by atoms with Crippen molar-refractivity contribution in [2.24, 2.45) is 5.92 Å². The van der Waals surface area contributed by atoms with Crippen molar-refractivity contribution < 1.29 is 18.4 Å². The molecule has 5 heteroatoms. The maximum atomic E-state index is 13.2. The Bertz CT molecular complexity index is 414. The van der Waals surface area contributed by atoms with Crippen LogP contribution in [0.2, 0.25) is 0 Å². The van der Waals surface area contributed by atoms with Gasteiger partial charge in [0.25, 0.3) is 0 Å². The summed E-state index contributed by atoms with van der Waals surface area (Å²) in [6.45, 7) is 4.03. The molecule has 3 nitrogen and oxygen atoms in total. The standard InChI is InChI=1S/C13H17F2NO2/c1-9-8-16(5-6-17-2)18-13(9)10-3-4-11(14)12(15)7-10/h3-4,7,9,13H,5-6,8H2,1-2H3/t9-,13-/m1/s1. The quantitative estimate of drug-likeness (QED) is 0.827. The van der Waals surface area contributed by atoms with Crippen LogP contribution in [0.4, 0.5) is 8.78 Å². The Morgan fingerprint density at radius 2 is 2.17 bits per heavy atom. The van der Waals surface area contributed by atoms with Crippen molar-refractivity contribution in [1.29, 1.82) is 0 Å². The molecular weight excluding hydrogens is 240 g/mol. The lowest BCUT2D eigenvalue weighted by Crippen LogP contribution is -2.23. The molecule has 0 aromatic heterocycles. The van der Waals surface area contributed by atoms with E-state index in [1.54, 1.807) is 18.2 Å². The van der Waals surface area contributed by atoms with Crippen LogP contribution in [-0.2, 0) is 9.57 Å². The third kappa shape index (κ3) is 2.85. The molecule has 1 aliphatic heterocycles. The zero-order valence-corrected chi connectivity index (χ0v) is 10.5. The van der Waals surface area contributed by atoms with E-state index in [4.69, 9.17) is 9.57 Å². The molecule has 0 radical (unpaired) electrons. The van der Waals surface area contributed by atoms with Gasteiger partial charge in [-0.05, 0) is 17.7 Å². The summed E-state index contributed by atoms with van der Waals surface area (Å²) in [5, 5.41) is 1.81. The maximum Gasteiger partial charge on any atom is 0.159 e. The highest BCUT2D eigenvalue weighted by molar-refractivity contribution is 5.21. The predicted molar refractivity (Wildman–Crippen MR) is 62.8 cm³/mol. The lowest BCUT2D eigenvalue weighted by atomic mass is 9.98. The average molecular weight is 257 g/mol. The van der Waals surface area contributed by atoms with E-state index in [0.717, 1.165) is 12.6 Å². The Hall–Kier alpha value is -1.04. The van der Waals surface area contributed by atoms with Crippen molar-refractivity contribution >= 4 is 0 Å². The van der Waals surface area contributed by atoms with E-state index >= 15 is 0 Å². The molecule has 0 amide bonds. The van der Waals surface area contributed by atoms with Gasteiger partial charge < -0.3 is 4.74 Å². The Morgan fingerprint density at radius 3 is 2.83 bits per heavy atom. The summed E-state index contributed by atoms with van der Waals surface area (Å²) < 4.78 is 31.1. The van der Waals surface area contributed by atoms with Crippen molar-refractivity contribution in [3.8, 4) is 0 Å². The van der Waals surface area contributed by atoms with E-state index in [1.807, 2.05) is 6.92 Å². The Balaban J connectivity index is 2.06. The van der Waals surface area contributed by atoms with Gasteiger partial charge in [0.1, 0.15) is 6.10 Å². The second kappa shape index (κ2) is 5.73. The topological polar surface area (TPSA) is 21.7 Å². The van der Waals surface area contributed by atoms with Crippen molar-refractivity contribution in [3.63, 3.8) is 0 Å². The highest BCUT2D eigenvalue weighted by Crippen LogP contribution is 2.34. The molecule has 1 heterocycles. The molecule has 1 aromatic rings. The predicted octanol–water partition coefficient (Wildman–Crippen LogP) is 2.54. The van der Waals surface area contributed by atoms with Gasteiger partial charge in [-0.3, -0.25) is 4.84 Å². The molecule has 2 rings (SSSR count). The Labute approximate surface area is 105 Å². The first-order chi connectivity index (χ1) is 8.61. The minimum atomic E-state index is -0.835. The molecule has 0 bridgehead atoms. The molecule has 1 aromatic carbocycles. The van der Waals surface area contributed by atoms with Crippen molar-refractivity contribution in [3.05, 3.63) is 35.4 Å². The third-order valence-electron chi connectivity index (χ3n) is 3.09. The molecule has 0 unspecified atom stereocenters. The summed E-state index contributed by atoms with van der Waals surface area (Å²) in [6.07, 6.45) is -0.225. The fourth-order valence-corrected chi connectivity index (χ4v) is 2.14. The number of nitrogens with zero attached hydrogens (tertiary/aromatic N) is 1. The van der Waals surface area contributed by atoms with E-state index in [-0.39, 0.29) is 12.0 Å². The minimum absolute atomic E-state index is 0.225. The third-order valence-corrected chi connectivity index (χ3v) is 3.09. The van der Waals surface area contributed by atoms with Crippen LogP contribution < -0.4 is 0 Å². The Morgan fingerprint density at radius 1 is 1.39 bits per heavy atom. The largest absolute Gasteiger partial charge is 0.383 e. The van der Waals surface area contributed by atoms with Crippen LogP contribution in [-0.4, -0.2) is 31.9 Å². The van der Waals surface area contributed by atoms with Gasteiger partial charge in [0, 0.05) is 26.1 Å². The van der Waals surface area contributed by atoms with E-state index in [2.05, 4.69) is 0 Å². The molecule has 1 fully saturated rings. The molecule has 0 N–H and O–H groups in total. The fraction of sp³-hybridized carbons (Fsp3) is 0.538. The molecule has 1 aliphatic rings.